The number of fused-ring (bicyclic) bond motifs is 1. The second kappa shape index (κ2) is 10.4. The minimum atomic E-state index is -0.471. The molecule has 1 N–H and O–H groups in total. The number of thiophene rings is 1. The monoisotopic (exact) mass is 476 g/mol. The maximum atomic E-state index is 13.5. The largest absolute Gasteiger partial charge is 0.462 e. The van der Waals surface area contributed by atoms with Crippen LogP contribution in [0.25, 0.3) is 11.6 Å². The normalized spacial score (nSPS) is 13.1. The number of rotatable bonds is 7. The number of amides is 1. The summed E-state index contributed by atoms with van der Waals surface area (Å²) < 4.78 is 5.29. The fourth-order valence-electron chi connectivity index (χ4n) is 4.04. The standard InChI is InChI=1S/C26H24N2O5S/c1-2-33-26(30)23-20-13-6-7-14-22(20)34-25(23)27-24(29)21(18-10-4-3-5-11-18)16-17-9-8-12-19(15-17)28(31)32/h3-5,8-12,15-16H,2,6-7,13-14H2,1H3,(H,27,29)/b21-16+. The lowest BCUT2D eigenvalue weighted by Gasteiger charge is -2.13. The molecular formula is C26H24N2O5S. The molecule has 1 aliphatic carbocycles. The first-order valence-electron chi connectivity index (χ1n) is 11.1. The third-order valence-electron chi connectivity index (χ3n) is 5.60. The van der Waals surface area contributed by atoms with E-state index in [0.717, 1.165) is 36.1 Å². The van der Waals surface area contributed by atoms with Crippen LogP contribution < -0.4 is 5.32 Å². The Morgan fingerprint density at radius 1 is 1.12 bits per heavy atom. The van der Waals surface area contributed by atoms with Crippen molar-refractivity contribution in [1.29, 1.82) is 0 Å². The number of nitro benzene ring substituents is 1. The molecule has 7 nitrogen and oxygen atoms in total. The molecule has 1 amide bonds. The van der Waals surface area contributed by atoms with Gasteiger partial charge in [0.15, 0.2) is 0 Å². The first-order valence-corrected chi connectivity index (χ1v) is 11.9. The van der Waals surface area contributed by atoms with Gasteiger partial charge in [0.1, 0.15) is 5.00 Å². The van der Waals surface area contributed by atoms with Crippen molar-refractivity contribution in [3.63, 3.8) is 0 Å². The highest BCUT2D eigenvalue weighted by molar-refractivity contribution is 7.17. The molecule has 1 aromatic heterocycles. The van der Waals surface area contributed by atoms with Crippen molar-refractivity contribution in [2.75, 3.05) is 11.9 Å². The Morgan fingerprint density at radius 3 is 2.62 bits per heavy atom. The van der Waals surface area contributed by atoms with E-state index >= 15 is 0 Å². The number of anilines is 1. The van der Waals surface area contributed by atoms with Gasteiger partial charge in [0.2, 0.25) is 0 Å². The Labute approximate surface area is 201 Å². The number of esters is 1. The van der Waals surface area contributed by atoms with Crippen molar-refractivity contribution < 1.29 is 19.2 Å². The molecule has 0 unspecified atom stereocenters. The number of carbonyl (C=O) groups excluding carboxylic acids is 2. The van der Waals surface area contributed by atoms with E-state index in [1.54, 1.807) is 37.3 Å². The van der Waals surface area contributed by atoms with Gasteiger partial charge in [-0.05, 0) is 55.4 Å². The summed E-state index contributed by atoms with van der Waals surface area (Å²) in [5.74, 6) is -0.831. The van der Waals surface area contributed by atoms with Gasteiger partial charge in [0.05, 0.1) is 17.1 Å². The Bertz CT molecular complexity index is 1260. The van der Waals surface area contributed by atoms with Crippen LogP contribution in [-0.4, -0.2) is 23.4 Å². The Kier molecular flexibility index (Phi) is 7.18. The van der Waals surface area contributed by atoms with E-state index < -0.39 is 16.8 Å². The number of hydrogen-bond donors (Lipinski definition) is 1. The van der Waals surface area contributed by atoms with Crippen molar-refractivity contribution in [2.24, 2.45) is 0 Å². The number of nitrogens with one attached hydrogen (secondary N) is 1. The van der Waals surface area contributed by atoms with Crippen LogP contribution in [0.4, 0.5) is 10.7 Å². The second-order valence-corrected chi connectivity index (χ2v) is 8.97. The molecule has 0 saturated carbocycles. The van der Waals surface area contributed by atoms with Crippen LogP contribution in [0, 0.1) is 10.1 Å². The smallest absolute Gasteiger partial charge is 0.341 e. The van der Waals surface area contributed by atoms with Crippen molar-refractivity contribution in [1.82, 2.24) is 0 Å². The minimum Gasteiger partial charge on any atom is -0.462 e. The third-order valence-corrected chi connectivity index (χ3v) is 6.81. The summed E-state index contributed by atoms with van der Waals surface area (Å²) in [6.45, 7) is 2.00. The zero-order valence-corrected chi connectivity index (χ0v) is 19.5. The summed E-state index contributed by atoms with van der Waals surface area (Å²) in [6, 6.07) is 15.2. The van der Waals surface area contributed by atoms with Crippen molar-refractivity contribution in [3.8, 4) is 0 Å². The minimum absolute atomic E-state index is 0.0582. The molecule has 34 heavy (non-hydrogen) atoms. The lowest BCUT2D eigenvalue weighted by atomic mass is 9.95. The van der Waals surface area contributed by atoms with Crippen LogP contribution in [-0.2, 0) is 22.4 Å². The number of ether oxygens (including phenoxy) is 1. The molecular weight excluding hydrogens is 452 g/mol. The van der Waals surface area contributed by atoms with Crippen molar-refractivity contribution in [3.05, 3.63) is 91.8 Å². The predicted octanol–water partition coefficient (Wildman–Crippen LogP) is 5.89. The van der Waals surface area contributed by atoms with Crippen LogP contribution in [0.1, 0.15) is 51.7 Å². The van der Waals surface area contributed by atoms with E-state index in [1.807, 2.05) is 18.2 Å². The average molecular weight is 477 g/mol. The first-order chi connectivity index (χ1) is 16.5. The van der Waals surface area contributed by atoms with E-state index in [1.165, 1.54) is 23.5 Å². The van der Waals surface area contributed by atoms with Gasteiger partial charge in [-0.2, -0.15) is 0 Å². The number of non-ortho nitro benzene ring substituents is 1. The summed E-state index contributed by atoms with van der Waals surface area (Å²) in [6.07, 6.45) is 5.31. The maximum absolute atomic E-state index is 13.5. The molecule has 0 atom stereocenters. The highest BCUT2D eigenvalue weighted by Gasteiger charge is 2.28. The van der Waals surface area contributed by atoms with Gasteiger partial charge in [-0.1, -0.05) is 42.5 Å². The fourth-order valence-corrected chi connectivity index (χ4v) is 5.31. The first kappa shape index (κ1) is 23.4. The number of carbonyl (C=O) groups is 2. The van der Waals surface area contributed by atoms with E-state index in [-0.39, 0.29) is 12.3 Å². The van der Waals surface area contributed by atoms with E-state index in [9.17, 15) is 19.7 Å². The van der Waals surface area contributed by atoms with Gasteiger partial charge in [0, 0.05) is 22.6 Å². The predicted molar refractivity (Wildman–Crippen MR) is 133 cm³/mol. The van der Waals surface area contributed by atoms with Crippen LogP contribution in [0.5, 0.6) is 0 Å². The van der Waals surface area contributed by atoms with E-state index in [4.69, 9.17) is 4.74 Å². The molecule has 2 aromatic carbocycles. The van der Waals surface area contributed by atoms with Crippen molar-refractivity contribution >= 4 is 45.6 Å². The summed E-state index contributed by atoms with van der Waals surface area (Å²) in [5.41, 5.74) is 2.87. The van der Waals surface area contributed by atoms with Crippen LogP contribution in [0.3, 0.4) is 0 Å². The molecule has 3 aromatic rings. The highest BCUT2D eigenvalue weighted by atomic mass is 32.1. The number of aryl methyl sites for hydroxylation is 1. The molecule has 1 aliphatic rings. The Balaban J connectivity index is 1.74. The lowest BCUT2D eigenvalue weighted by molar-refractivity contribution is -0.384. The van der Waals surface area contributed by atoms with Gasteiger partial charge in [-0.3, -0.25) is 14.9 Å². The molecule has 8 heteroatoms. The van der Waals surface area contributed by atoms with E-state index in [2.05, 4.69) is 5.32 Å². The summed E-state index contributed by atoms with van der Waals surface area (Å²) in [4.78, 5) is 38.1. The Hall–Kier alpha value is -3.78. The lowest BCUT2D eigenvalue weighted by Crippen LogP contribution is -2.16. The molecule has 4 rings (SSSR count). The number of hydrogen-bond acceptors (Lipinski definition) is 6. The molecule has 0 saturated heterocycles. The van der Waals surface area contributed by atoms with E-state index in [0.29, 0.717) is 27.3 Å². The molecule has 1 heterocycles. The fraction of sp³-hybridized carbons (Fsp3) is 0.231. The average Bonchev–Trinajstić information content (AvgIpc) is 3.21. The molecule has 174 valence electrons. The summed E-state index contributed by atoms with van der Waals surface area (Å²) in [5, 5.41) is 14.6. The molecule has 0 bridgehead atoms. The molecule has 0 spiro atoms. The zero-order chi connectivity index (χ0) is 24.1. The van der Waals surface area contributed by atoms with Crippen LogP contribution in [0.2, 0.25) is 0 Å². The highest BCUT2D eigenvalue weighted by Crippen LogP contribution is 2.39. The number of nitro groups is 1. The maximum Gasteiger partial charge on any atom is 0.341 e. The van der Waals surface area contributed by atoms with Gasteiger partial charge >= 0.3 is 5.97 Å². The SMILES string of the molecule is CCOC(=O)c1c(NC(=O)/C(=C/c2cccc([N+](=O)[O-])c2)c2ccccc2)sc2c1CCCC2. The molecule has 0 aliphatic heterocycles. The van der Waals surface area contributed by atoms with Crippen LogP contribution >= 0.6 is 11.3 Å². The quantitative estimate of drug-likeness (QED) is 0.151. The van der Waals surface area contributed by atoms with Gasteiger partial charge < -0.3 is 10.1 Å². The third kappa shape index (κ3) is 5.07. The topological polar surface area (TPSA) is 98.5 Å². The van der Waals surface area contributed by atoms with Crippen molar-refractivity contribution in [2.45, 2.75) is 32.6 Å². The van der Waals surface area contributed by atoms with Gasteiger partial charge in [-0.25, -0.2) is 4.79 Å². The van der Waals surface area contributed by atoms with Gasteiger partial charge in [0.25, 0.3) is 11.6 Å². The van der Waals surface area contributed by atoms with Crippen LogP contribution in [0.15, 0.2) is 54.6 Å². The summed E-state index contributed by atoms with van der Waals surface area (Å²) in [7, 11) is 0. The van der Waals surface area contributed by atoms with Gasteiger partial charge in [-0.15, -0.1) is 11.3 Å². The number of nitrogens with zero attached hydrogens (tertiary/aromatic N) is 1. The Morgan fingerprint density at radius 2 is 1.88 bits per heavy atom. The zero-order valence-electron chi connectivity index (χ0n) is 18.7. The molecule has 0 radical (unpaired) electrons. The second-order valence-electron chi connectivity index (χ2n) is 7.87. The number of benzene rings is 2. The summed E-state index contributed by atoms with van der Waals surface area (Å²) >= 11 is 1.42. The molecule has 0 fully saturated rings.